The first-order valence-electron chi connectivity index (χ1n) is 18.5. The molecule has 3 saturated carbocycles. The summed E-state index contributed by atoms with van der Waals surface area (Å²) >= 11 is 0. The first-order valence-corrected chi connectivity index (χ1v) is 18.5. The fraction of sp³-hybridized carbons (Fsp3) is 0.861. The maximum absolute atomic E-state index is 16.6. The van der Waals surface area contributed by atoms with Crippen LogP contribution in [0.2, 0.25) is 0 Å². The number of ketones is 1. The topological polar surface area (TPSA) is 103 Å². The highest BCUT2D eigenvalue weighted by Crippen LogP contribution is 2.51. The second kappa shape index (κ2) is 13.2. The van der Waals surface area contributed by atoms with Crippen molar-refractivity contribution in [2.75, 3.05) is 33.2 Å². The van der Waals surface area contributed by atoms with Crippen molar-refractivity contribution in [3.63, 3.8) is 0 Å². The third-order valence-electron chi connectivity index (χ3n) is 12.5. The van der Waals surface area contributed by atoms with Gasteiger partial charge < -0.3 is 29.9 Å². The lowest BCUT2D eigenvalue weighted by Gasteiger charge is -2.62. The Morgan fingerprint density at radius 2 is 1.83 bits per heavy atom. The van der Waals surface area contributed by atoms with Crippen molar-refractivity contribution in [2.45, 2.75) is 146 Å². The van der Waals surface area contributed by atoms with E-state index < -0.39 is 35.9 Å². The molecule has 7 rings (SSSR count). The molecule has 4 aliphatic heterocycles. The molecule has 11 atom stereocenters. The molecule has 0 bridgehead atoms. The number of amides is 2. The summed E-state index contributed by atoms with van der Waals surface area (Å²) < 4.78 is 29.2. The summed E-state index contributed by atoms with van der Waals surface area (Å²) in [7, 11) is 2.13. The van der Waals surface area contributed by atoms with E-state index in [-0.39, 0.29) is 47.9 Å². The quantitative estimate of drug-likeness (QED) is 0.417. The van der Waals surface area contributed by atoms with E-state index in [0.29, 0.717) is 43.9 Å². The van der Waals surface area contributed by atoms with E-state index in [9.17, 15) is 14.4 Å². The number of hydrogen-bond acceptors (Lipinski definition) is 8. The summed E-state index contributed by atoms with van der Waals surface area (Å²) in [4.78, 5) is 47.1. The molecule has 0 spiro atoms. The molecule has 11 heteroatoms. The van der Waals surface area contributed by atoms with Gasteiger partial charge in [-0.1, -0.05) is 19.3 Å². The second-order valence-corrected chi connectivity index (χ2v) is 16.6. The van der Waals surface area contributed by atoms with Crippen LogP contribution in [-0.2, 0) is 19.1 Å². The summed E-state index contributed by atoms with van der Waals surface area (Å²) in [6.07, 6.45) is 10.4. The van der Waals surface area contributed by atoms with Crippen LogP contribution in [-0.4, -0.2) is 120 Å². The van der Waals surface area contributed by atoms with Gasteiger partial charge in [0.15, 0.2) is 5.78 Å². The predicted molar refractivity (Wildman–Crippen MR) is 175 cm³/mol. The first-order chi connectivity index (χ1) is 22.5. The van der Waals surface area contributed by atoms with Crippen LogP contribution in [0.5, 0.6) is 0 Å². The van der Waals surface area contributed by atoms with Crippen molar-refractivity contribution in [3.8, 4) is 0 Å². The standard InChI is InChI=1S/C36H56FN5O5/c1-36(2,3)47-35(45)39-22-14-17-41(19-22)30-27(37)18-25-29-33(30)46-32-24-10-6-5-8-21(24)11-12-28(32)42(29)20-26(31(25)43)34(44)38-15-13-23-9-7-16-40(23)4/h20-25,27-30,32-33H,5-19H2,1-4H3,(H,38,44)(H,39,45)/t21?,22-,23?,24?,25?,27?,28?,29?,30?,32?,33?/m1/s1. The zero-order valence-electron chi connectivity index (χ0n) is 28.8. The van der Waals surface area contributed by atoms with Crippen molar-refractivity contribution in [2.24, 2.45) is 17.8 Å². The number of halogens is 1. The number of alkyl carbamates (subject to hydrolysis) is 1. The van der Waals surface area contributed by atoms with Gasteiger partial charge in [0.25, 0.3) is 5.91 Å². The Morgan fingerprint density at radius 3 is 2.60 bits per heavy atom. The molecule has 10 unspecified atom stereocenters. The normalized spacial score (nSPS) is 40.6. The second-order valence-electron chi connectivity index (χ2n) is 16.6. The molecule has 4 heterocycles. The van der Waals surface area contributed by atoms with Crippen LogP contribution in [0.25, 0.3) is 0 Å². The van der Waals surface area contributed by atoms with Gasteiger partial charge in [0, 0.05) is 43.8 Å². The minimum absolute atomic E-state index is 0.0475. The van der Waals surface area contributed by atoms with Crippen LogP contribution in [0.4, 0.5) is 9.18 Å². The van der Waals surface area contributed by atoms with Crippen molar-refractivity contribution < 1.29 is 28.2 Å². The molecular weight excluding hydrogens is 601 g/mol. The van der Waals surface area contributed by atoms with Crippen LogP contribution in [0.1, 0.15) is 91.4 Å². The maximum Gasteiger partial charge on any atom is 0.407 e. The van der Waals surface area contributed by atoms with Crippen LogP contribution in [0.15, 0.2) is 11.8 Å². The third kappa shape index (κ3) is 6.57. The molecule has 6 fully saturated rings. The van der Waals surface area contributed by atoms with E-state index in [2.05, 4.69) is 32.4 Å². The smallest absolute Gasteiger partial charge is 0.407 e. The van der Waals surface area contributed by atoms with Gasteiger partial charge in [0.2, 0.25) is 0 Å². The number of nitrogens with zero attached hydrogens (tertiary/aromatic N) is 3. The number of likely N-dealkylation sites (tertiary alicyclic amines) is 2. The minimum atomic E-state index is -1.28. The number of carbonyl (C=O) groups excluding carboxylic acids is 3. The Morgan fingerprint density at radius 1 is 1.02 bits per heavy atom. The number of ether oxygens (including phenoxy) is 2. The average molecular weight is 658 g/mol. The molecule has 262 valence electrons. The molecule has 2 amide bonds. The van der Waals surface area contributed by atoms with Crippen molar-refractivity contribution in [1.82, 2.24) is 25.3 Å². The highest BCUT2D eigenvalue weighted by molar-refractivity contribution is 6.20. The van der Waals surface area contributed by atoms with Crippen LogP contribution < -0.4 is 10.6 Å². The lowest BCUT2D eigenvalue weighted by Crippen LogP contribution is -2.74. The van der Waals surface area contributed by atoms with Crippen molar-refractivity contribution in [1.29, 1.82) is 0 Å². The number of alkyl halides is 1. The Labute approximate surface area is 279 Å². The van der Waals surface area contributed by atoms with Crippen molar-refractivity contribution in [3.05, 3.63) is 11.8 Å². The number of morpholine rings is 1. The monoisotopic (exact) mass is 657 g/mol. The molecule has 7 aliphatic rings. The zero-order valence-corrected chi connectivity index (χ0v) is 28.8. The average Bonchev–Trinajstić information content (AvgIpc) is 3.65. The highest BCUT2D eigenvalue weighted by atomic mass is 19.1. The lowest BCUT2D eigenvalue weighted by atomic mass is 9.64. The van der Waals surface area contributed by atoms with E-state index in [0.717, 1.165) is 38.6 Å². The molecule has 0 aromatic carbocycles. The number of hydrogen-bond donors (Lipinski definition) is 2. The Kier molecular flexibility index (Phi) is 9.37. The molecule has 3 saturated heterocycles. The largest absolute Gasteiger partial charge is 0.444 e. The fourth-order valence-electron chi connectivity index (χ4n) is 10.4. The molecule has 10 nitrogen and oxygen atoms in total. The molecule has 2 N–H and O–H groups in total. The zero-order chi connectivity index (χ0) is 33.0. The number of fused-ring (bicyclic) bond motifs is 4. The highest BCUT2D eigenvalue weighted by Gasteiger charge is 2.61. The van der Waals surface area contributed by atoms with E-state index in [1.807, 2.05) is 27.0 Å². The summed E-state index contributed by atoms with van der Waals surface area (Å²) in [5, 5.41) is 6.05. The van der Waals surface area contributed by atoms with Gasteiger partial charge in [-0.15, -0.1) is 0 Å². The van der Waals surface area contributed by atoms with Gasteiger partial charge >= 0.3 is 6.09 Å². The maximum atomic E-state index is 16.6. The predicted octanol–water partition coefficient (Wildman–Crippen LogP) is 3.79. The van der Waals surface area contributed by atoms with Crippen LogP contribution in [0, 0.1) is 17.8 Å². The lowest BCUT2D eigenvalue weighted by molar-refractivity contribution is -0.231. The molecule has 0 radical (unpaired) electrons. The summed E-state index contributed by atoms with van der Waals surface area (Å²) in [6, 6.07) is -0.435. The SMILES string of the molecule is CN1CCCC1CCNC(=O)C1=CN2C3CCC4CCCCC4C3OC3C(N4CC[C@@H](NC(=O)OC(C)(C)C)C4)C(F)CC(C1=O)C32. The van der Waals surface area contributed by atoms with Gasteiger partial charge in [0.05, 0.1) is 35.9 Å². The van der Waals surface area contributed by atoms with E-state index in [1.165, 1.54) is 25.7 Å². The van der Waals surface area contributed by atoms with Gasteiger partial charge in [-0.2, -0.15) is 0 Å². The van der Waals surface area contributed by atoms with E-state index in [1.54, 1.807) is 0 Å². The summed E-state index contributed by atoms with van der Waals surface area (Å²) in [5.74, 6) is -0.169. The van der Waals surface area contributed by atoms with Gasteiger partial charge in [-0.25, -0.2) is 9.18 Å². The van der Waals surface area contributed by atoms with E-state index in [4.69, 9.17) is 9.47 Å². The van der Waals surface area contributed by atoms with E-state index >= 15 is 4.39 Å². The first kappa shape index (κ1) is 33.3. The summed E-state index contributed by atoms with van der Waals surface area (Å²) in [5.41, 5.74) is -0.411. The molecule has 3 aliphatic carbocycles. The van der Waals surface area contributed by atoms with Crippen LogP contribution in [0.3, 0.4) is 0 Å². The summed E-state index contributed by atoms with van der Waals surface area (Å²) in [6.45, 7) is 8.27. The van der Waals surface area contributed by atoms with Gasteiger partial charge in [-0.3, -0.25) is 14.5 Å². The van der Waals surface area contributed by atoms with Gasteiger partial charge in [0.1, 0.15) is 11.8 Å². The Hall–Kier alpha value is -2.24. The number of nitrogens with one attached hydrogen (secondary N) is 2. The number of Topliss-reactive ketones (excluding diaryl/α,β-unsaturated/α-hetero) is 1. The Balaban J connectivity index is 1.13. The minimum Gasteiger partial charge on any atom is -0.444 e. The molecule has 47 heavy (non-hydrogen) atoms. The Bertz CT molecular complexity index is 1240. The fourth-order valence-corrected chi connectivity index (χ4v) is 10.4. The van der Waals surface area contributed by atoms with Crippen molar-refractivity contribution >= 4 is 17.8 Å². The molecule has 0 aromatic heterocycles. The van der Waals surface area contributed by atoms with Gasteiger partial charge in [-0.05, 0) is 97.6 Å². The third-order valence-corrected chi connectivity index (χ3v) is 12.5. The molecule has 0 aromatic rings. The number of rotatable bonds is 6. The van der Waals surface area contributed by atoms with Crippen LogP contribution >= 0.6 is 0 Å². The molecular formula is C36H56FN5O5. The number of carbonyl (C=O) groups is 3.